The molecule has 1 spiro atoms. The van der Waals surface area contributed by atoms with Gasteiger partial charge in [-0.15, -0.1) is 0 Å². The maximum atomic E-state index is 14.0. The van der Waals surface area contributed by atoms with E-state index in [0.29, 0.717) is 19.0 Å². The Kier molecular flexibility index (Phi) is 6.08. The largest absolute Gasteiger partial charge is 0.352 e. The zero-order valence-corrected chi connectivity index (χ0v) is 22.8. The second-order valence-corrected chi connectivity index (χ2v) is 15.0. The number of hydrogen-bond acceptors (Lipinski definition) is 4. The first-order valence-electron chi connectivity index (χ1n) is 14.2. The minimum atomic E-state index is -3.43. The zero-order chi connectivity index (χ0) is 25.2. The lowest BCUT2D eigenvalue weighted by Crippen LogP contribution is -2.56. The molecule has 1 amide bonds. The van der Waals surface area contributed by atoms with E-state index >= 15 is 0 Å². The number of carbonyl (C=O) groups excluding carboxylic acids is 1. The number of aryl methyl sites for hydroxylation is 1. The van der Waals surface area contributed by atoms with E-state index in [9.17, 15) is 13.2 Å². The van der Waals surface area contributed by atoms with Gasteiger partial charge in [-0.25, -0.2) is 12.7 Å². The highest BCUT2D eigenvalue weighted by molar-refractivity contribution is 7.89. The summed E-state index contributed by atoms with van der Waals surface area (Å²) in [6, 6.07) is 8.70. The number of rotatable bonds is 5. The summed E-state index contributed by atoms with van der Waals surface area (Å²) in [6.45, 7) is 7.45. The molecule has 0 radical (unpaired) electrons. The Labute approximate surface area is 217 Å². The molecule has 5 aliphatic rings. The molecule has 36 heavy (non-hydrogen) atoms. The fourth-order valence-corrected chi connectivity index (χ4v) is 11.2. The lowest BCUT2D eigenvalue weighted by molar-refractivity contribution is -0.127. The van der Waals surface area contributed by atoms with E-state index in [1.54, 1.807) is 4.31 Å². The van der Waals surface area contributed by atoms with Crippen molar-refractivity contribution in [3.05, 3.63) is 35.4 Å². The van der Waals surface area contributed by atoms with Crippen LogP contribution in [0.5, 0.6) is 0 Å². The Morgan fingerprint density at radius 3 is 2.61 bits per heavy atom. The van der Waals surface area contributed by atoms with Crippen LogP contribution in [-0.4, -0.2) is 56.6 Å². The second kappa shape index (κ2) is 8.81. The SMILES string of the molecule is CC1(C)[C@H]2CC[C@]1(CS(=O)(=O)N1CCC3(CCc4ccccc43)CC1)C(NC(=O)[C@@H]1CCCNC1)C2. The van der Waals surface area contributed by atoms with Crippen molar-refractivity contribution in [2.75, 3.05) is 31.9 Å². The lowest BCUT2D eigenvalue weighted by Gasteiger charge is -2.45. The standard InChI is InChI=1S/C29H43N3O3S/c1-27(2)23-10-12-29(27,25(18-23)31-26(33)22-7-5-15-30-19-22)20-36(34,35)32-16-13-28(14-17-32)11-9-21-6-3-4-8-24(21)28/h3-4,6,8,22-23,25,30H,5,7,9-20H2,1-2H3,(H,31,33)/t22-,23+,25?,29+/m1/s1. The van der Waals surface area contributed by atoms with Crippen molar-refractivity contribution in [3.8, 4) is 0 Å². The quantitative estimate of drug-likeness (QED) is 0.631. The molecule has 2 bridgehead atoms. The third kappa shape index (κ3) is 3.79. The van der Waals surface area contributed by atoms with Gasteiger partial charge in [-0.3, -0.25) is 4.79 Å². The average molecular weight is 514 g/mol. The number of fused-ring (bicyclic) bond motifs is 4. The Balaban J connectivity index is 1.19. The molecule has 1 aromatic rings. The molecule has 0 aromatic heterocycles. The fraction of sp³-hybridized carbons (Fsp3) is 0.759. The van der Waals surface area contributed by atoms with E-state index in [2.05, 4.69) is 48.7 Å². The molecule has 2 N–H and O–H groups in total. The summed E-state index contributed by atoms with van der Waals surface area (Å²) < 4.78 is 29.8. The molecule has 1 unspecified atom stereocenters. The summed E-state index contributed by atoms with van der Waals surface area (Å²) in [6.07, 6.45) is 8.90. The number of nitrogens with zero attached hydrogens (tertiary/aromatic N) is 1. The van der Waals surface area contributed by atoms with E-state index in [-0.39, 0.29) is 39.9 Å². The van der Waals surface area contributed by atoms with Crippen LogP contribution in [-0.2, 0) is 26.7 Å². The first-order valence-corrected chi connectivity index (χ1v) is 15.9. The maximum Gasteiger partial charge on any atom is 0.224 e. The van der Waals surface area contributed by atoms with Crippen LogP contribution in [0.25, 0.3) is 0 Å². The van der Waals surface area contributed by atoms with Crippen LogP contribution in [0.4, 0.5) is 0 Å². The molecule has 6 nitrogen and oxygen atoms in total. The first-order chi connectivity index (χ1) is 17.2. The van der Waals surface area contributed by atoms with Crippen molar-refractivity contribution < 1.29 is 13.2 Å². The third-order valence-corrected chi connectivity index (χ3v) is 13.4. The fourth-order valence-electron chi connectivity index (χ4n) is 8.88. The molecule has 1 aromatic carbocycles. The molecule has 198 valence electrons. The minimum absolute atomic E-state index is 0.00205. The number of hydrogen-bond donors (Lipinski definition) is 2. The topological polar surface area (TPSA) is 78.5 Å². The van der Waals surface area contributed by atoms with Crippen LogP contribution in [0.1, 0.15) is 76.3 Å². The third-order valence-electron chi connectivity index (χ3n) is 11.4. The minimum Gasteiger partial charge on any atom is -0.352 e. The normalized spacial score (nSPS) is 35.1. The summed E-state index contributed by atoms with van der Waals surface area (Å²) in [7, 11) is -3.43. The summed E-state index contributed by atoms with van der Waals surface area (Å²) in [5.74, 6) is 0.762. The maximum absolute atomic E-state index is 14.0. The molecule has 4 atom stereocenters. The van der Waals surface area contributed by atoms with Crippen molar-refractivity contribution in [2.24, 2.45) is 22.7 Å². The predicted octanol–water partition coefficient (Wildman–Crippen LogP) is 3.61. The van der Waals surface area contributed by atoms with Gasteiger partial charge in [0.2, 0.25) is 15.9 Å². The number of nitrogens with one attached hydrogen (secondary N) is 2. The number of piperidine rings is 2. The van der Waals surface area contributed by atoms with Gasteiger partial charge in [0, 0.05) is 31.1 Å². The predicted molar refractivity (Wildman–Crippen MR) is 142 cm³/mol. The van der Waals surface area contributed by atoms with Gasteiger partial charge in [-0.1, -0.05) is 38.1 Å². The first kappa shape index (κ1) is 24.9. The van der Waals surface area contributed by atoms with Gasteiger partial charge in [0.15, 0.2) is 0 Å². The molecule has 2 saturated carbocycles. The van der Waals surface area contributed by atoms with Gasteiger partial charge < -0.3 is 10.6 Å². The van der Waals surface area contributed by atoms with Crippen molar-refractivity contribution in [2.45, 2.75) is 83.1 Å². The monoisotopic (exact) mass is 513 g/mol. The van der Waals surface area contributed by atoms with Crippen molar-refractivity contribution in [1.29, 1.82) is 0 Å². The van der Waals surface area contributed by atoms with E-state index < -0.39 is 10.0 Å². The van der Waals surface area contributed by atoms with Crippen LogP contribution in [0.3, 0.4) is 0 Å². The highest BCUT2D eigenvalue weighted by Crippen LogP contribution is 2.66. The highest BCUT2D eigenvalue weighted by atomic mass is 32.2. The van der Waals surface area contributed by atoms with Crippen LogP contribution in [0.2, 0.25) is 0 Å². The lowest BCUT2D eigenvalue weighted by atomic mass is 9.69. The molecular weight excluding hydrogens is 470 g/mol. The summed E-state index contributed by atoms with van der Waals surface area (Å²) in [4.78, 5) is 13.2. The average Bonchev–Trinajstić information content (AvgIpc) is 3.41. The number of sulfonamides is 1. The Morgan fingerprint density at radius 1 is 1.11 bits per heavy atom. The van der Waals surface area contributed by atoms with Crippen LogP contribution in [0, 0.1) is 22.7 Å². The molecule has 6 rings (SSSR count). The van der Waals surface area contributed by atoms with Gasteiger partial charge in [-0.2, -0.15) is 0 Å². The number of amides is 1. The van der Waals surface area contributed by atoms with Gasteiger partial charge >= 0.3 is 0 Å². The van der Waals surface area contributed by atoms with Crippen LogP contribution < -0.4 is 10.6 Å². The van der Waals surface area contributed by atoms with E-state index in [4.69, 9.17) is 0 Å². The Morgan fingerprint density at radius 2 is 1.89 bits per heavy atom. The van der Waals surface area contributed by atoms with Gasteiger partial charge in [-0.05, 0) is 92.2 Å². The van der Waals surface area contributed by atoms with Crippen LogP contribution >= 0.6 is 0 Å². The zero-order valence-electron chi connectivity index (χ0n) is 22.0. The number of benzene rings is 1. The van der Waals surface area contributed by atoms with Crippen molar-refractivity contribution in [3.63, 3.8) is 0 Å². The summed E-state index contributed by atoms with van der Waals surface area (Å²) in [5, 5.41) is 6.74. The van der Waals surface area contributed by atoms with Crippen molar-refractivity contribution in [1.82, 2.24) is 14.9 Å². The highest BCUT2D eigenvalue weighted by Gasteiger charge is 2.66. The molecule has 7 heteroatoms. The second-order valence-electron chi connectivity index (χ2n) is 13.0. The molecule has 3 aliphatic carbocycles. The van der Waals surface area contributed by atoms with Gasteiger partial charge in [0.05, 0.1) is 11.7 Å². The molecule has 2 aliphatic heterocycles. The summed E-state index contributed by atoms with van der Waals surface area (Å²) in [5.41, 5.74) is 2.57. The summed E-state index contributed by atoms with van der Waals surface area (Å²) >= 11 is 0. The van der Waals surface area contributed by atoms with Gasteiger partial charge in [0.1, 0.15) is 0 Å². The van der Waals surface area contributed by atoms with E-state index in [0.717, 1.165) is 70.9 Å². The van der Waals surface area contributed by atoms with Gasteiger partial charge in [0.25, 0.3) is 0 Å². The Bertz CT molecular complexity index is 1120. The van der Waals surface area contributed by atoms with E-state index in [1.165, 1.54) is 11.1 Å². The number of carbonyl (C=O) groups is 1. The molecule has 2 heterocycles. The van der Waals surface area contributed by atoms with Crippen LogP contribution in [0.15, 0.2) is 24.3 Å². The van der Waals surface area contributed by atoms with E-state index in [1.807, 2.05) is 0 Å². The molecule has 2 saturated heterocycles. The molecular formula is C29H43N3O3S. The Hall–Kier alpha value is -1.44. The smallest absolute Gasteiger partial charge is 0.224 e. The van der Waals surface area contributed by atoms with Crippen molar-refractivity contribution >= 4 is 15.9 Å². The molecule has 4 fully saturated rings.